The molecule has 0 aliphatic heterocycles. The molecule has 2 N–H and O–H groups in total. The summed E-state index contributed by atoms with van der Waals surface area (Å²) in [5.74, 6) is 0. The van der Waals surface area contributed by atoms with E-state index in [2.05, 4.69) is 10.2 Å². The molecule has 0 aliphatic rings. The fraction of sp³-hybridized carbons (Fsp3) is 0. The van der Waals surface area contributed by atoms with Crippen LogP contribution in [0.3, 0.4) is 0 Å². The predicted molar refractivity (Wildman–Crippen MR) is 67.3 cm³/mol. The van der Waals surface area contributed by atoms with Crippen molar-refractivity contribution in [1.29, 1.82) is 0 Å². The van der Waals surface area contributed by atoms with E-state index in [0.717, 1.165) is 0 Å². The van der Waals surface area contributed by atoms with Crippen LogP contribution in [0, 0.1) is 0 Å². The van der Waals surface area contributed by atoms with Crippen LogP contribution in [0.4, 0.5) is 0 Å². The lowest BCUT2D eigenvalue weighted by molar-refractivity contribution is 0.972. The van der Waals surface area contributed by atoms with E-state index < -0.39 is 0 Å². The summed E-state index contributed by atoms with van der Waals surface area (Å²) in [6.45, 7) is 0. The second kappa shape index (κ2) is 4.37. The third-order valence-electron chi connectivity index (χ3n) is 1.96. The van der Waals surface area contributed by atoms with Crippen LogP contribution in [0.15, 0.2) is 24.4 Å². The van der Waals surface area contributed by atoms with Gasteiger partial charge in [0, 0.05) is 12.3 Å². The smallest absolute Gasteiger partial charge is 0.175 e. The minimum Gasteiger partial charge on any atom is -0.388 e. The zero-order valence-corrected chi connectivity index (χ0v) is 10.2. The maximum Gasteiger partial charge on any atom is 0.175 e. The molecule has 0 atom stereocenters. The number of nitrogens with two attached hydrogens (primary N) is 1. The minimum atomic E-state index is 0.234. The van der Waals surface area contributed by atoms with Crippen molar-refractivity contribution in [2.24, 2.45) is 5.73 Å². The number of nitrogens with zero attached hydrogens (tertiary/aromatic N) is 3. The number of hydrogen-bond donors (Lipinski definition) is 1. The predicted octanol–water partition coefficient (Wildman–Crippen LogP) is 2.21. The molecule has 0 saturated carbocycles. The lowest BCUT2D eigenvalue weighted by Gasteiger charge is -2.08. The van der Waals surface area contributed by atoms with Crippen LogP contribution in [0.2, 0.25) is 10.3 Å². The standard InChI is InChI=1S/C9H6Cl2N4S/c10-7-4-6(8(11)14-13-7)15-3-1-2-5(15)9(12)16/h1-4H,(H2,12,16). The molecule has 0 unspecified atom stereocenters. The first kappa shape index (κ1) is 11.3. The Morgan fingerprint density at radius 2 is 2.12 bits per heavy atom. The highest BCUT2D eigenvalue weighted by Crippen LogP contribution is 2.21. The largest absolute Gasteiger partial charge is 0.388 e. The topological polar surface area (TPSA) is 56.7 Å². The molecule has 2 heterocycles. The van der Waals surface area contributed by atoms with Gasteiger partial charge in [-0.15, -0.1) is 10.2 Å². The van der Waals surface area contributed by atoms with Crippen molar-refractivity contribution in [3.8, 4) is 5.69 Å². The Hall–Kier alpha value is -1.17. The molecule has 0 radical (unpaired) electrons. The summed E-state index contributed by atoms with van der Waals surface area (Å²) in [4.78, 5) is 0.272. The molecule has 0 spiro atoms. The van der Waals surface area contributed by atoms with E-state index in [0.29, 0.717) is 11.4 Å². The van der Waals surface area contributed by atoms with E-state index in [4.69, 9.17) is 41.2 Å². The van der Waals surface area contributed by atoms with Gasteiger partial charge in [-0.05, 0) is 12.1 Å². The van der Waals surface area contributed by atoms with E-state index in [1.165, 1.54) is 0 Å². The van der Waals surface area contributed by atoms with Crippen LogP contribution in [0.5, 0.6) is 0 Å². The molecule has 4 nitrogen and oxygen atoms in total. The highest BCUT2D eigenvalue weighted by molar-refractivity contribution is 7.80. The normalized spacial score (nSPS) is 10.4. The van der Waals surface area contributed by atoms with Crippen LogP contribution in [0.1, 0.15) is 5.69 Å². The SMILES string of the molecule is NC(=S)c1cccn1-c1cc(Cl)nnc1Cl. The zero-order chi connectivity index (χ0) is 11.7. The van der Waals surface area contributed by atoms with E-state index in [-0.39, 0.29) is 15.3 Å². The van der Waals surface area contributed by atoms with Gasteiger partial charge in [-0.3, -0.25) is 0 Å². The third kappa shape index (κ3) is 2.02. The number of rotatable bonds is 2. The molecular formula is C9H6Cl2N4S. The van der Waals surface area contributed by atoms with Crippen molar-refractivity contribution in [3.05, 3.63) is 40.4 Å². The lowest BCUT2D eigenvalue weighted by atomic mass is 10.4. The van der Waals surface area contributed by atoms with Gasteiger partial charge in [0.25, 0.3) is 0 Å². The molecule has 82 valence electrons. The molecule has 0 saturated heterocycles. The van der Waals surface area contributed by atoms with Gasteiger partial charge in [-0.2, -0.15) is 0 Å². The van der Waals surface area contributed by atoms with Gasteiger partial charge < -0.3 is 10.3 Å². The maximum absolute atomic E-state index is 5.93. The Morgan fingerprint density at radius 3 is 2.81 bits per heavy atom. The fourth-order valence-corrected chi connectivity index (χ4v) is 1.80. The van der Waals surface area contributed by atoms with Gasteiger partial charge in [-0.25, -0.2) is 0 Å². The summed E-state index contributed by atoms with van der Waals surface area (Å²) in [5.41, 5.74) is 6.84. The second-order valence-corrected chi connectivity index (χ2v) is 4.16. The summed E-state index contributed by atoms with van der Waals surface area (Å²) in [5, 5.41) is 7.83. The molecule has 2 aromatic heterocycles. The van der Waals surface area contributed by atoms with Crippen LogP contribution >= 0.6 is 35.4 Å². The van der Waals surface area contributed by atoms with Gasteiger partial charge >= 0.3 is 0 Å². The molecule has 0 aromatic carbocycles. The fourth-order valence-electron chi connectivity index (χ4n) is 1.30. The first-order chi connectivity index (χ1) is 7.59. The quantitative estimate of drug-likeness (QED) is 0.852. The van der Waals surface area contributed by atoms with Crippen molar-refractivity contribution in [2.75, 3.05) is 0 Å². The Labute approximate surface area is 107 Å². The molecule has 2 aromatic rings. The number of halogens is 2. The number of hydrogen-bond acceptors (Lipinski definition) is 3. The Balaban J connectivity index is 2.62. The average molecular weight is 273 g/mol. The lowest BCUT2D eigenvalue weighted by Crippen LogP contribution is -2.14. The van der Waals surface area contributed by atoms with Crippen molar-refractivity contribution < 1.29 is 0 Å². The van der Waals surface area contributed by atoms with Crippen molar-refractivity contribution in [2.45, 2.75) is 0 Å². The molecule has 0 fully saturated rings. The number of thiocarbonyl (C=S) groups is 1. The van der Waals surface area contributed by atoms with Gasteiger partial charge in [-0.1, -0.05) is 35.4 Å². The molecule has 2 rings (SSSR count). The minimum absolute atomic E-state index is 0.234. The molecule has 16 heavy (non-hydrogen) atoms. The molecular weight excluding hydrogens is 267 g/mol. The van der Waals surface area contributed by atoms with Crippen LogP contribution in [0.25, 0.3) is 5.69 Å². The molecule has 0 aliphatic carbocycles. The van der Waals surface area contributed by atoms with Gasteiger partial charge in [0.2, 0.25) is 0 Å². The summed E-state index contributed by atoms with van der Waals surface area (Å²) in [6.07, 6.45) is 1.77. The molecule has 0 bridgehead atoms. The van der Waals surface area contributed by atoms with E-state index in [9.17, 15) is 0 Å². The maximum atomic E-state index is 5.93. The third-order valence-corrected chi connectivity index (χ3v) is 2.62. The monoisotopic (exact) mass is 272 g/mol. The first-order valence-corrected chi connectivity index (χ1v) is 5.42. The van der Waals surface area contributed by atoms with Crippen LogP contribution in [-0.2, 0) is 0 Å². The van der Waals surface area contributed by atoms with Crippen LogP contribution in [-0.4, -0.2) is 19.8 Å². The van der Waals surface area contributed by atoms with Gasteiger partial charge in [0.05, 0.1) is 11.4 Å². The second-order valence-electron chi connectivity index (χ2n) is 2.97. The highest BCUT2D eigenvalue weighted by Gasteiger charge is 2.10. The Morgan fingerprint density at radius 1 is 1.38 bits per heavy atom. The summed E-state index contributed by atoms with van der Waals surface area (Å²) < 4.78 is 1.71. The Kier molecular flexibility index (Phi) is 3.09. The molecule has 0 amide bonds. The van der Waals surface area contributed by atoms with E-state index in [1.807, 2.05) is 0 Å². The summed E-state index contributed by atoms with van der Waals surface area (Å²) in [6, 6.07) is 5.19. The van der Waals surface area contributed by atoms with Crippen molar-refractivity contribution in [1.82, 2.24) is 14.8 Å². The first-order valence-electron chi connectivity index (χ1n) is 4.26. The van der Waals surface area contributed by atoms with Crippen molar-refractivity contribution >= 4 is 40.4 Å². The van der Waals surface area contributed by atoms with E-state index >= 15 is 0 Å². The summed E-state index contributed by atoms with van der Waals surface area (Å²) in [7, 11) is 0. The van der Waals surface area contributed by atoms with Crippen molar-refractivity contribution in [3.63, 3.8) is 0 Å². The molecule has 7 heteroatoms. The highest BCUT2D eigenvalue weighted by atomic mass is 35.5. The van der Waals surface area contributed by atoms with Gasteiger partial charge in [0.15, 0.2) is 10.3 Å². The van der Waals surface area contributed by atoms with Crippen LogP contribution < -0.4 is 5.73 Å². The average Bonchev–Trinajstić information content (AvgIpc) is 2.70. The zero-order valence-electron chi connectivity index (χ0n) is 7.89. The number of aromatic nitrogens is 3. The summed E-state index contributed by atoms with van der Waals surface area (Å²) >= 11 is 16.6. The Bertz CT molecular complexity index is 552. The van der Waals surface area contributed by atoms with E-state index in [1.54, 1.807) is 29.0 Å². The van der Waals surface area contributed by atoms with Gasteiger partial charge in [0.1, 0.15) is 4.99 Å².